The molecule has 0 amide bonds. The van der Waals surface area contributed by atoms with E-state index in [-0.39, 0.29) is 6.10 Å². The van der Waals surface area contributed by atoms with Gasteiger partial charge in [0, 0.05) is 11.6 Å². The summed E-state index contributed by atoms with van der Waals surface area (Å²) < 4.78 is 5.78. The smallest absolute Gasteiger partial charge is 0.124 e. The van der Waals surface area contributed by atoms with Crippen molar-refractivity contribution in [1.82, 2.24) is 5.32 Å². The van der Waals surface area contributed by atoms with Crippen molar-refractivity contribution in [2.24, 2.45) is 0 Å². The quantitative estimate of drug-likeness (QED) is 0.835. The van der Waals surface area contributed by atoms with Crippen LogP contribution in [0, 0.1) is 6.92 Å². The summed E-state index contributed by atoms with van der Waals surface area (Å²) in [6.45, 7) is 7.96. The van der Waals surface area contributed by atoms with Crippen LogP contribution in [0.25, 0.3) is 0 Å². The third-order valence-electron chi connectivity index (χ3n) is 2.16. The number of hydrogen-bond acceptors (Lipinski definition) is 2. The van der Waals surface area contributed by atoms with Crippen molar-refractivity contribution in [2.45, 2.75) is 26.9 Å². The van der Waals surface area contributed by atoms with Crippen LogP contribution in [0.4, 0.5) is 0 Å². The molecule has 2 nitrogen and oxygen atoms in total. The summed E-state index contributed by atoms with van der Waals surface area (Å²) in [7, 11) is 0. The van der Waals surface area contributed by atoms with Crippen LogP contribution in [-0.4, -0.2) is 19.2 Å². The maximum Gasteiger partial charge on any atom is 0.124 e. The predicted molar refractivity (Wildman–Crippen MR) is 64.8 cm³/mol. The SMILES string of the molecule is CCNCC(C)Oc1cc(Cl)ccc1C. The maximum absolute atomic E-state index is 5.91. The summed E-state index contributed by atoms with van der Waals surface area (Å²) in [5.41, 5.74) is 1.11. The maximum atomic E-state index is 5.91. The van der Waals surface area contributed by atoms with Crippen molar-refractivity contribution in [3.05, 3.63) is 28.8 Å². The molecule has 15 heavy (non-hydrogen) atoms. The van der Waals surface area contributed by atoms with E-state index in [1.165, 1.54) is 0 Å². The minimum Gasteiger partial charge on any atom is -0.489 e. The van der Waals surface area contributed by atoms with Crippen molar-refractivity contribution in [1.29, 1.82) is 0 Å². The highest BCUT2D eigenvalue weighted by atomic mass is 35.5. The van der Waals surface area contributed by atoms with Gasteiger partial charge in [-0.1, -0.05) is 24.6 Å². The van der Waals surface area contributed by atoms with Gasteiger partial charge in [-0.3, -0.25) is 0 Å². The molecule has 0 aliphatic rings. The fourth-order valence-corrected chi connectivity index (χ4v) is 1.47. The number of benzene rings is 1. The summed E-state index contributed by atoms with van der Waals surface area (Å²) in [6.07, 6.45) is 0.155. The minimum absolute atomic E-state index is 0.155. The van der Waals surface area contributed by atoms with Gasteiger partial charge in [-0.15, -0.1) is 0 Å². The van der Waals surface area contributed by atoms with Crippen LogP contribution in [0.3, 0.4) is 0 Å². The van der Waals surface area contributed by atoms with E-state index in [1.807, 2.05) is 32.0 Å². The summed E-state index contributed by atoms with van der Waals surface area (Å²) in [5.74, 6) is 0.868. The Morgan fingerprint density at radius 2 is 2.20 bits per heavy atom. The van der Waals surface area contributed by atoms with Crippen molar-refractivity contribution in [3.8, 4) is 5.75 Å². The molecule has 0 bridgehead atoms. The first-order chi connectivity index (χ1) is 7.13. The molecular formula is C12H18ClNO. The summed E-state index contributed by atoms with van der Waals surface area (Å²) >= 11 is 5.91. The number of hydrogen-bond donors (Lipinski definition) is 1. The first kappa shape index (κ1) is 12.3. The molecule has 0 aromatic heterocycles. The predicted octanol–water partition coefficient (Wildman–Crippen LogP) is 3.03. The molecule has 1 aromatic rings. The van der Waals surface area contributed by atoms with Gasteiger partial charge in [-0.2, -0.15) is 0 Å². The molecule has 0 heterocycles. The van der Waals surface area contributed by atoms with E-state index in [1.54, 1.807) is 0 Å². The first-order valence-corrected chi connectivity index (χ1v) is 5.64. The van der Waals surface area contributed by atoms with Gasteiger partial charge in [0.05, 0.1) is 0 Å². The van der Waals surface area contributed by atoms with Gasteiger partial charge in [0.2, 0.25) is 0 Å². The van der Waals surface area contributed by atoms with Crippen LogP contribution in [-0.2, 0) is 0 Å². The van der Waals surface area contributed by atoms with Gasteiger partial charge in [0.1, 0.15) is 11.9 Å². The fraction of sp³-hybridized carbons (Fsp3) is 0.500. The van der Waals surface area contributed by atoms with Gasteiger partial charge in [-0.05, 0) is 38.1 Å². The minimum atomic E-state index is 0.155. The van der Waals surface area contributed by atoms with Gasteiger partial charge >= 0.3 is 0 Å². The Labute approximate surface area is 96.6 Å². The van der Waals surface area contributed by atoms with Crippen LogP contribution >= 0.6 is 11.6 Å². The van der Waals surface area contributed by atoms with Crippen molar-refractivity contribution in [3.63, 3.8) is 0 Å². The second-order valence-corrected chi connectivity index (χ2v) is 4.08. The van der Waals surface area contributed by atoms with Gasteiger partial charge in [-0.25, -0.2) is 0 Å². The lowest BCUT2D eigenvalue weighted by Gasteiger charge is -2.16. The van der Waals surface area contributed by atoms with Crippen LogP contribution in [0.15, 0.2) is 18.2 Å². The van der Waals surface area contributed by atoms with E-state index in [0.29, 0.717) is 5.02 Å². The zero-order chi connectivity index (χ0) is 11.3. The largest absolute Gasteiger partial charge is 0.489 e. The van der Waals surface area contributed by atoms with Crippen molar-refractivity contribution in [2.75, 3.05) is 13.1 Å². The molecule has 1 rings (SSSR count). The Bertz CT molecular complexity index is 314. The molecule has 1 N–H and O–H groups in total. The Hall–Kier alpha value is -0.730. The molecule has 0 aliphatic carbocycles. The van der Waals surface area contributed by atoms with E-state index in [9.17, 15) is 0 Å². The zero-order valence-electron chi connectivity index (χ0n) is 9.51. The monoisotopic (exact) mass is 227 g/mol. The molecule has 84 valence electrons. The normalized spacial score (nSPS) is 12.5. The molecule has 3 heteroatoms. The number of likely N-dealkylation sites (N-methyl/N-ethyl adjacent to an activating group) is 1. The van der Waals surface area contributed by atoms with Gasteiger partial charge in [0.15, 0.2) is 0 Å². The molecule has 0 fully saturated rings. The van der Waals surface area contributed by atoms with E-state index >= 15 is 0 Å². The third kappa shape index (κ3) is 4.10. The van der Waals surface area contributed by atoms with Crippen molar-refractivity contribution >= 4 is 11.6 Å². The summed E-state index contributed by atoms with van der Waals surface area (Å²) in [5, 5.41) is 3.96. The lowest BCUT2D eigenvalue weighted by molar-refractivity contribution is 0.217. The third-order valence-corrected chi connectivity index (χ3v) is 2.40. The Balaban J connectivity index is 2.59. The first-order valence-electron chi connectivity index (χ1n) is 5.27. The molecule has 0 saturated heterocycles. The van der Waals surface area contributed by atoms with E-state index in [4.69, 9.17) is 16.3 Å². The van der Waals surface area contributed by atoms with Crippen LogP contribution in [0.5, 0.6) is 5.75 Å². The van der Waals surface area contributed by atoms with Crippen LogP contribution < -0.4 is 10.1 Å². The highest BCUT2D eigenvalue weighted by Gasteiger charge is 2.06. The van der Waals surface area contributed by atoms with Gasteiger partial charge < -0.3 is 10.1 Å². The topological polar surface area (TPSA) is 21.3 Å². The van der Waals surface area contributed by atoms with Crippen LogP contribution in [0.2, 0.25) is 5.02 Å². The molecule has 0 aliphatic heterocycles. The molecule has 1 aromatic carbocycles. The lowest BCUT2D eigenvalue weighted by atomic mass is 10.2. The molecule has 0 spiro atoms. The van der Waals surface area contributed by atoms with E-state index in [0.717, 1.165) is 24.4 Å². The Kier molecular flexibility index (Phi) is 4.92. The van der Waals surface area contributed by atoms with E-state index in [2.05, 4.69) is 12.2 Å². The van der Waals surface area contributed by atoms with Crippen molar-refractivity contribution < 1.29 is 4.74 Å². The molecule has 1 atom stereocenters. The number of nitrogens with one attached hydrogen (secondary N) is 1. The molecule has 1 unspecified atom stereocenters. The summed E-state index contributed by atoms with van der Waals surface area (Å²) in [4.78, 5) is 0. The lowest BCUT2D eigenvalue weighted by Crippen LogP contribution is -2.28. The Morgan fingerprint density at radius 1 is 1.47 bits per heavy atom. The highest BCUT2D eigenvalue weighted by molar-refractivity contribution is 6.30. The number of aryl methyl sites for hydroxylation is 1. The van der Waals surface area contributed by atoms with Crippen LogP contribution in [0.1, 0.15) is 19.4 Å². The average Bonchev–Trinajstić information content (AvgIpc) is 2.20. The Morgan fingerprint density at radius 3 is 2.87 bits per heavy atom. The molecule has 0 saturated carbocycles. The number of ether oxygens (including phenoxy) is 1. The fourth-order valence-electron chi connectivity index (χ4n) is 1.31. The number of rotatable bonds is 5. The molecule has 0 radical (unpaired) electrons. The highest BCUT2D eigenvalue weighted by Crippen LogP contribution is 2.23. The average molecular weight is 228 g/mol. The number of halogens is 1. The standard InChI is InChI=1S/C12H18ClNO/c1-4-14-8-10(3)15-12-7-11(13)6-5-9(12)2/h5-7,10,14H,4,8H2,1-3H3. The zero-order valence-corrected chi connectivity index (χ0v) is 10.3. The van der Waals surface area contributed by atoms with E-state index < -0.39 is 0 Å². The second kappa shape index (κ2) is 5.99. The van der Waals surface area contributed by atoms with Gasteiger partial charge in [0.25, 0.3) is 0 Å². The second-order valence-electron chi connectivity index (χ2n) is 3.65. The molecular weight excluding hydrogens is 210 g/mol. The summed E-state index contributed by atoms with van der Waals surface area (Å²) in [6, 6.07) is 5.70.